The predicted molar refractivity (Wildman–Crippen MR) is 52.8 cm³/mol. The van der Waals surface area contributed by atoms with Gasteiger partial charge in [-0.1, -0.05) is 0 Å². The van der Waals surface area contributed by atoms with E-state index in [2.05, 4.69) is 0 Å². The Bertz CT molecular complexity index is 259. The van der Waals surface area contributed by atoms with E-state index in [0.717, 1.165) is 12.8 Å². The molecule has 0 aromatic rings. The predicted octanol–water partition coefficient (Wildman–Crippen LogP) is 0.115. The number of rotatable bonds is 1. The maximum Gasteiger partial charge on any atom is 0.243 e. The summed E-state index contributed by atoms with van der Waals surface area (Å²) >= 11 is 0. The summed E-state index contributed by atoms with van der Waals surface area (Å²) < 4.78 is 5.36. The van der Waals surface area contributed by atoms with Gasteiger partial charge in [0, 0.05) is 6.54 Å². The van der Waals surface area contributed by atoms with Crippen LogP contribution in [0.1, 0.15) is 26.7 Å². The third-order valence-corrected chi connectivity index (χ3v) is 3.10. The van der Waals surface area contributed by atoms with E-state index in [4.69, 9.17) is 10.5 Å². The standard InChI is InChI=1S/C10H18N2O2/c1-9(2)7-14-6-5-12(9)8(13)10(11)3-4-10/h3-7,11H2,1-2H3. The summed E-state index contributed by atoms with van der Waals surface area (Å²) in [6.45, 7) is 5.95. The number of nitrogens with zero attached hydrogens (tertiary/aromatic N) is 1. The Hall–Kier alpha value is -0.610. The first-order valence-electron chi connectivity index (χ1n) is 5.14. The molecule has 2 N–H and O–H groups in total. The summed E-state index contributed by atoms with van der Waals surface area (Å²) in [5, 5.41) is 0. The molecule has 1 amide bonds. The Labute approximate surface area is 84.4 Å². The van der Waals surface area contributed by atoms with Gasteiger partial charge in [0.15, 0.2) is 0 Å². The minimum Gasteiger partial charge on any atom is -0.377 e. The van der Waals surface area contributed by atoms with Gasteiger partial charge in [-0.05, 0) is 26.7 Å². The van der Waals surface area contributed by atoms with Crippen molar-refractivity contribution < 1.29 is 9.53 Å². The van der Waals surface area contributed by atoms with Crippen LogP contribution in [-0.4, -0.2) is 41.6 Å². The quantitative estimate of drug-likeness (QED) is 0.651. The number of carbonyl (C=O) groups excluding carboxylic acids is 1. The third-order valence-electron chi connectivity index (χ3n) is 3.10. The van der Waals surface area contributed by atoms with E-state index in [1.54, 1.807) is 0 Å². The maximum atomic E-state index is 12.0. The molecule has 2 fully saturated rings. The molecule has 0 radical (unpaired) electrons. The van der Waals surface area contributed by atoms with E-state index in [1.165, 1.54) is 0 Å². The van der Waals surface area contributed by atoms with Crippen molar-refractivity contribution in [2.24, 2.45) is 5.73 Å². The van der Waals surface area contributed by atoms with Crippen molar-refractivity contribution in [2.75, 3.05) is 19.8 Å². The van der Waals surface area contributed by atoms with Gasteiger partial charge in [-0.15, -0.1) is 0 Å². The maximum absolute atomic E-state index is 12.0. The van der Waals surface area contributed by atoms with Gasteiger partial charge in [-0.25, -0.2) is 0 Å². The summed E-state index contributed by atoms with van der Waals surface area (Å²) in [4.78, 5) is 13.9. The second kappa shape index (κ2) is 2.94. The number of hydrogen-bond acceptors (Lipinski definition) is 3. The molecule has 1 saturated heterocycles. The van der Waals surface area contributed by atoms with E-state index >= 15 is 0 Å². The van der Waals surface area contributed by atoms with Crippen LogP contribution in [0, 0.1) is 0 Å². The van der Waals surface area contributed by atoms with Crippen LogP contribution in [0.2, 0.25) is 0 Å². The Morgan fingerprint density at radius 3 is 2.57 bits per heavy atom. The molecule has 1 aliphatic carbocycles. The largest absolute Gasteiger partial charge is 0.377 e. The minimum absolute atomic E-state index is 0.103. The van der Waals surface area contributed by atoms with Gasteiger partial charge in [0.05, 0.1) is 24.3 Å². The van der Waals surface area contributed by atoms with E-state index in [0.29, 0.717) is 19.8 Å². The fourth-order valence-electron chi connectivity index (χ4n) is 1.85. The van der Waals surface area contributed by atoms with Crippen LogP contribution in [0.25, 0.3) is 0 Å². The zero-order chi connectivity index (χ0) is 10.4. The Kier molecular flexibility index (Phi) is 2.08. The summed E-state index contributed by atoms with van der Waals surface area (Å²) in [5.41, 5.74) is 5.16. The number of nitrogens with two attached hydrogens (primary N) is 1. The van der Waals surface area contributed by atoms with Crippen molar-refractivity contribution in [3.63, 3.8) is 0 Å². The smallest absolute Gasteiger partial charge is 0.243 e. The summed E-state index contributed by atoms with van der Waals surface area (Å²) in [6.07, 6.45) is 1.67. The van der Waals surface area contributed by atoms with Gasteiger partial charge >= 0.3 is 0 Å². The summed E-state index contributed by atoms with van der Waals surface area (Å²) in [6, 6.07) is 0. The first kappa shape index (κ1) is 9.93. The number of amides is 1. The molecule has 4 heteroatoms. The van der Waals surface area contributed by atoms with Crippen molar-refractivity contribution in [3.8, 4) is 0 Å². The SMILES string of the molecule is CC1(C)COCCN1C(=O)C1(N)CC1. The molecule has 4 nitrogen and oxygen atoms in total. The summed E-state index contributed by atoms with van der Waals surface area (Å²) in [7, 11) is 0. The van der Waals surface area contributed by atoms with Crippen LogP contribution >= 0.6 is 0 Å². The fourth-order valence-corrected chi connectivity index (χ4v) is 1.85. The molecule has 1 saturated carbocycles. The monoisotopic (exact) mass is 198 g/mol. The molecule has 80 valence electrons. The zero-order valence-corrected chi connectivity index (χ0v) is 8.88. The van der Waals surface area contributed by atoms with E-state index in [-0.39, 0.29) is 11.4 Å². The zero-order valence-electron chi connectivity index (χ0n) is 8.88. The molecule has 0 aromatic heterocycles. The molecular weight excluding hydrogens is 180 g/mol. The molecule has 0 unspecified atom stereocenters. The Morgan fingerprint density at radius 1 is 1.43 bits per heavy atom. The third kappa shape index (κ3) is 1.53. The highest BCUT2D eigenvalue weighted by molar-refractivity contribution is 5.89. The Morgan fingerprint density at radius 2 is 2.07 bits per heavy atom. The number of ether oxygens (including phenoxy) is 1. The van der Waals surface area contributed by atoms with Crippen LogP contribution < -0.4 is 5.73 Å². The highest BCUT2D eigenvalue weighted by Crippen LogP contribution is 2.36. The second-order valence-electron chi connectivity index (χ2n) is 4.98. The van der Waals surface area contributed by atoms with Crippen LogP contribution in [0.4, 0.5) is 0 Å². The molecule has 1 aliphatic heterocycles. The highest BCUT2D eigenvalue weighted by Gasteiger charge is 2.51. The topological polar surface area (TPSA) is 55.6 Å². The number of carbonyl (C=O) groups is 1. The lowest BCUT2D eigenvalue weighted by atomic mass is 10.0. The first-order valence-corrected chi connectivity index (χ1v) is 5.14. The second-order valence-corrected chi connectivity index (χ2v) is 4.98. The van der Waals surface area contributed by atoms with Gasteiger partial charge in [0.1, 0.15) is 0 Å². The molecular formula is C10H18N2O2. The highest BCUT2D eigenvalue weighted by atomic mass is 16.5. The number of morpholine rings is 1. The Balaban J connectivity index is 2.11. The van der Waals surface area contributed by atoms with Crippen LogP contribution in [0.15, 0.2) is 0 Å². The molecule has 2 aliphatic rings. The van der Waals surface area contributed by atoms with Crippen molar-refractivity contribution in [1.82, 2.24) is 4.90 Å². The van der Waals surface area contributed by atoms with Crippen LogP contribution in [0.3, 0.4) is 0 Å². The van der Waals surface area contributed by atoms with Gasteiger partial charge in [0.25, 0.3) is 0 Å². The molecule has 0 bridgehead atoms. The van der Waals surface area contributed by atoms with Gasteiger partial charge in [-0.2, -0.15) is 0 Å². The number of hydrogen-bond donors (Lipinski definition) is 1. The molecule has 0 spiro atoms. The van der Waals surface area contributed by atoms with Crippen molar-refractivity contribution in [2.45, 2.75) is 37.8 Å². The average molecular weight is 198 g/mol. The lowest BCUT2D eigenvalue weighted by molar-refractivity contribution is -0.148. The fraction of sp³-hybridized carbons (Fsp3) is 0.900. The van der Waals surface area contributed by atoms with E-state index in [9.17, 15) is 4.79 Å². The molecule has 0 atom stereocenters. The van der Waals surface area contributed by atoms with Crippen LogP contribution in [-0.2, 0) is 9.53 Å². The molecule has 2 rings (SSSR count). The lowest BCUT2D eigenvalue weighted by Gasteiger charge is -2.43. The van der Waals surface area contributed by atoms with Crippen molar-refractivity contribution in [1.29, 1.82) is 0 Å². The van der Waals surface area contributed by atoms with Gasteiger partial charge in [-0.3, -0.25) is 4.79 Å². The molecule has 1 heterocycles. The normalized spacial score (nSPS) is 28.6. The summed E-state index contributed by atoms with van der Waals surface area (Å²) in [5.74, 6) is 0.103. The van der Waals surface area contributed by atoms with E-state index < -0.39 is 5.54 Å². The molecule has 14 heavy (non-hydrogen) atoms. The first-order chi connectivity index (χ1) is 6.46. The van der Waals surface area contributed by atoms with Crippen LogP contribution in [0.5, 0.6) is 0 Å². The van der Waals surface area contributed by atoms with Crippen molar-refractivity contribution >= 4 is 5.91 Å². The lowest BCUT2D eigenvalue weighted by Crippen LogP contribution is -2.60. The molecule has 0 aromatic carbocycles. The van der Waals surface area contributed by atoms with E-state index in [1.807, 2.05) is 18.7 Å². The van der Waals surface area contributed by atoms with Gasteiger partial charge < -0.3 is 15.4 Å². The average Bonchev–Trinajstić information content (AvgIpc) is 2.83. The van der Waals surface area contributed by atoms with Gasteiger partial charge in [0.2, 0.25) is 5.91 Å². The minimum atomic E-state index is -0.547. The van der Waals surface area contributed by atoms with Crippen molar-refractivity contribution in [3.05, 3.63) is 0 Å².